The van der Waals surface area contributed by atoms with E-state index >= 15 is 4.79 Å². The molecule has 9 aromatic carbocycles. The lowest BCUT2D eigenvalue weighted by Crippen LogP contribution is -2.59. The fourth-order valence-corrected chi connectivity index (χ4v) is 29.0. The average molecular weight is 1920 g/mol. The van der Waals surface area contributed by atoms with Gasteiger partial charge in [0.15, 0.2) is 115 Å². The van der Waals surface area contributed by atoms with E-state index < -0.39 is 94.5 Å². The Morgan fingerprint density at radius 1 is 0.268 bits per heavy atom. The highest BCUT2D eigenvalue weighted by molar-refractivity contribution is 6.05. The van der Waals surface area contributed by atoms with E-state index in [0.29, 0.717) is 158 Å². The highest BCUT2D eigenvalue weighted by Crippen LogP contribution is 2.73. The number of benzene rings is 9. The van der Waals surface area contributed by atoms with Crippen molar-refractivity contribution in [3.05, 3.63) is 173 Å². The van der Waals surface area contributed by atoms with Crippen LogP contribution < -0.4 is 56.8 Å². The second-order valence-electron chi connectivity index (χ2n) is 47.2. The van der Waals surface area contributed by atoms with Crippen LogP contribution in [0.5, 0.6) is 115 Å². The number of hydrogen-bond acceptors (Lipinski definition) is 18. The fraction of sp³-hybridized carbons (Fsp3) is 0.504. The lowest BCUT2D eigenvalue weighted by Gasteiger charge is -2.59. The number of nitriles is 3. The summed E-state index contributed by atoms with van der Waals surface area (Å²) >= 11 is 0. The third-order valence-electron chi connectivity index (χ3n) is 38.4. The number of hydrogen-bond donors (Lipinski definition) is 3. The predicted octanol–water partition coefficient (Wildman–Crippen LogP) is 31.8. The number of rotatable bonds is 15. The summed E-state index contributed by atoms with van der Waals surface area (Å²) in [6.45, 7) is 60.0. The quantitative estimate of drug-likeness (QED) is 0.0859. The van der Waals surface area contributed by atoms with Crippen LogP contribution in [0.4, 0.5) is 0 Å². The Morgan fingerprint density at radius 3 is 0.845 bits per heavy atom. The van der Waals surface area contributed by atoms with Crippen molar-refractivity contribution in [1.29, 1.82) is 15.8 Å². The summed E-state index contributed by atoms with van der Waals surface area (Å²) in [5, 5.41) is 72.0. The minimum absolute atomic E-state index is 0.0232. The molecule has 6 heterocycles. The molecule has 5 atom stereocenters. The van der Waals surface area contributed by atoms with Gasteiger partial charge >= 0.3 is 17.9 Å². The summed E-state index contributed by atoms with van der Waals surface area (Å²) in [6, 6.07) is 32.2. The summed E-state index contributed by atoms with van der Waals surface area (Å²) in [6.07, 6.45) is 10.1. The van der Waals surface area contributed by atoms with E-state index in [2.05, 4.69) is 207 Å². The molecule has 142 heavy (non-hydrogen) atoms. The van der Waals surface area contributed by atoms with Gasteiger partial charge in [-0.05, 0) is 313 Å². The van der Waals surface area contributed by atoms with Crippen molar-refractivity contribution in [2.24, 2.45) is 0 Å². The van der Waals surface area contributed by atoms with Crippen molar-refractivity contribution in [2.75, 3.05) is 0 Å². The monoisotopic (exact) mass is 1920 g/mol. The van der Waals surface area contributed by atoms with Crippen LogP contribution >= 0.6 is 0 Å². The maximum atomic E-state index is 15.4. The molecule has 1 spiro atoms. The molecule has 3 N–H and O–H groups in total. The van der Waals surface area contributed by atoms with E-state index in [1.165, 1.54) is 0 Å². The van der Waals surface area contributed by atoms with Crippen LogP contribution in [0.15, 0.2) is 72.8 Å². The van der Waals surface area contributed by atoms with Gasteiger partial charge in [0.05, 0.1) is 0 Å². The van der Waals surface area contributed by atoms with Gasteiger partial charge in [0.2, 0.25) is 0 Å². The topological polar surface area (TPSA) is 294 Å². The Bertz CT molecular complexity index is 7220. The van der Waals surface area contributed by atoms with Crippen molar-refractivity contribution in [3.8, 4) is 155 Å². The Labute approximate surface area is 835 Å². The first-order valence-electron chi connectivity index (χ1n) is 51.8. The molecule has 21 heteroatoms. The standard InChI is InChI=1S/C121H135N3O18/c1-29-113(25)93-89(104(125)126)102-103(90(105(127)128)94(93)114(113,26)30-2)138-81-50-70-62(46-78(81)136-102)64-47-79-86(51-71(64)109(17,18)43-41-108(70,15)16)141-121(39-11,40-12)119(35-7,36-8)95-91(106(129)130)101-100(68(59-124)97(95)131-79)135-82-53-73-75(55-83(82)137-101)117(60-111(73,21)22)61-112(23,24)74-54-87-84(56-76(74)117)132-96-67(58-123)99-98(66(57-122)92(96)118(33-5,34-6)120(37-9,38-10)142-87)133-77-45-63-65-48-85-88(140-116(28,32-4)115(27,31-3)139-85)52-72(65)110(19,20)44-42-107(13,14)69(63)49-80(77)134-99/h45-56H,29-44,60-61H2,1-28H3,(H,125,126)(H,127,128)(H,129,130). The molecule has 0 saturated carbocycles. The number of carbonyl (C=O) groups is 3. The van der Waals surface area contributed by atoms with Gasteiger partial charge in [-0.15, -0.1) is 0 Å². The molecule has 5 aliphatic carbocycles. The van der Waals surface area contributed by atoms with Crippen LogP contribution in [0, 0.1) is 34.0 Å². The third kappa shape index (κ3) is 12.5. The third-order valence-corrected chi connectivity index (χ3v) is 38.4. The van der Waals surface area contributed by atoms with Crippen LogP contribution in [0.1, 0.15) is 424 Å². The molecule has 6 aliphatic heterocycles. The van der Waals surface area contributed by atoms with Gasteiger partial charge < -0.3 is 72.2 Å². The molecule has 11 aliphatic rings. The van der Waals surface area contributed by atoms with E-state index in [1.54, 1.807) is 0 Å². The van der Waals surface area contributed by atoms with E-state index in [-0.39, 0.29) is 119 Å². The maximum absolute atomic E-state index is 15.4. The van der Waals surface area contributed by atoms with E-state index in [9.17, 15) is 40.7 Å². The summed E-state index contributed by atoms with van der Waals surface area (Å²) in [5.74, 6) is 0.216. The Morgan fingerprint density at radius 2 is 0.514 bits per heavy atom. The molecular weight excluding hydrogens is 1780 g/mol. The van der Waals surface area contributed by atoms with Gasteiger partial charge in [0.1, 0.15) is 74.0 Å². The number of ether oxygens (including phenoxy) is 12. The second-order valence-corrected chi connectivity index (χ2v) is 47.2. The van der Waals surface area contributed by atoms with Crippen molar-refractivity contribution < 1.29 is 86.5 Å². The second kappa shape index (κ2) is 31.5. The first-order chi connectivity index (χ1) is 66.9. The lowest BCUT2D eigenvalue weighted by atomic mass is 9.44. The molecule has 20 rings (SSSR count). The number of fused-ring (bicyclic) bond motifs is 22. The molecule has 0 bridgehead atoms. The molecule has 21 nitrogen and oxygen atoms in total. The summed E-state index contributed by atoms with van der Waals surface area (Å²) in [7, 11) is 0. The van der Waals surface area contributed by atoms with Crippen LogP contribution in [0.25, 0.3) is 22.3 Å². The largest absolute Gasteiger partial charge is 0.482 e. The number of aromatic carboxylic acids is 3. The molecule has 9 aromatic rings. The van der Waals surface area contributed by atoms with E-state index in [1.807, 2.05) is 77.9 Å². The average Bonchev–Trinajstić information content (AvgIpc) is 0.796. The number of carboxylic acids is 3. The fourth-order valence-electron chi connectivity index (χ4n) is 29.0. The predicted molar refractivity (Wildman–Crippen MR) is 545 cm³/mol. The van der Waals surface area contributed by atoms with E-state index in [0.717, 1.165) is 81.3 Å². The smallest absolute Gasteiger partial charge is 0.340 e. The van der Waals surface area contributed by atoms with Gasteiger partial charge in [0, 0.05) is 38.2 Å². The highest BCUT2D eigenvalue weighted by Gasteiger charge is 2.65. The highest BCUT2D eigenvalue weighted by atomic mass is 16.6. The summed E-state index contributed by atoms with van der Waals surface area (Å²) in [4.78, 5) is 43.2. The van der Waals surface area contributed by atoms with Gasteiger partial charge in [-0.1, -0.05) is 180 Å². The minimum atomic E-state index is -1.35. The van der Waals surface area contributed by atoms with Crippen molar-refractivity contribution in [2.45, 2.75) is 391 Å². The summed E-state index contributed by atoms with van der Waals surface area (Å²) < 4.78 is 88.3. The van der Waals surface area contributed by atoms with Crippen molar-refractivity contribution >= 4 is 17.9 Å². The summed E-state index contributed by atoms with van der Waals surface area (Å²) in [5.41, 5.74) is 1.21. The zero-order valence-corrected chi connectivity index (χ0v) is 88.0. The Balaban J connectivity index is 0.727. The SMILES string of the molecule is CCC1(C)Oc2cc3c(cc2OC1(C)CC)C(C)(C)CCC(C)(C)c1cc2c(cc1-3)Oc1c(C#N)c3c(c(C#N)c1O2)Oc1cc2c(cc1OC(CC)(CC)C3(CC)CC)C(C)(C)CC21CC(C)(C)c2cc3c(cc21)Oc1c(c(C#N)c2c(c1C(=O)O)C(CC)(CC)C(CC)(CC)Oc1cc4c(cc1O2)-c1cc2c(cc1C(C)(C)CCC4(C)C)Oc1c(c(C(=O)O)c4c(c1C(=O)O)C(C)(CC)C4(C)CC)O2)O3. The molecule has 5 unspecified atom stereocenters. The first kappa shape index (κ1) is 96.9. The first-order valence-corrected chi connectivity index (χ1v) is 51.8. The zero-order valence-electron chi connectivity index (χ0n) is 88.0. The van der Waals surface area contributed by atoms with Crippen molar-refractivity contribution in [3.63, 3.8) is 0 Å². The Hall–Kier alpha value is -12.5. The molecule has 0 saturated heterocycles. The number of nitrogens with zero attached hydrogens (tertiary/aromatic N) is 3. The number of carboxylic acid groups (broad SMARTS) is 3. The molecule has 742 valence electrons. The lowest BCUT2D eigenvalue weighted by molar-refractivity contribution is -0.125. The van der Waals surface area contributed by atoms with Gasteiger partial charge in [-0.2, -0.15) is 15.8 Å². The minimum Gasteiger partial charge on any atom is -0.482 e. The van der Waals surface area contributed by atoms with Gasteiger partial charge in [-0.3, -0.25) is 0 Å². The molecule has 0 radical (unpaired) electrons. The Kier molecular flexibility index (Phi) is 21.5. The van der Waals surface area contributed by atoms with Crippen molar-refractivity contribution in [1.82, 2.24) is 0 Å². The normalized spacial score (nSPS) is 24.1. The van der Waals surface area contributed by atoms with Crippen LogP contribution in [-0.4, -0.2) is 55.6 Å². The molecular formula is C121H135N3O18. The van der Waals surface area contributed by atoms with E-state index in [4.69, 9.17) is 56.8 Å². The molecule has 0 amide bonds. The maximum Gasteiger partial charge on any atom is 0.340 e. The molecule has 0 fully saturated rings. The molecule has 0 aromatic heterocycles. The van der Waals surface area contributed by atoms with Crippen LogP contribution in [0.2, 0.25) is 0 Å². The van der Waals surface area contributed by atoms with Crippen LogP contribution in [0.3, 0.4) is 0 Å². The van der Waals surface area contributed by atoms with Gasteiger partial charge in [-0.25, -0.2) is 14.4 Å². The zero-order chi connectivity index (χ0) is 102. The van der Waals surface area contributed by atoms with Crippen LogP contribution in [-0.2, 0) is 59.6 Å². The van der Waals surface area contributed by atoms with Gasteiger partial charge in [0.25, 0.3) is 0 Å².